The maximum absolute atomic E-state index is 13.7. The topological polar surface area (TPSA) is 43.3 Å². The zero-order valence-corrected chi connectivity index (χ0v) is 22.1. The van der Waals surface area contributed by atoms with Gasteiger partial charge < -0.3 is 14.6 Å². The summed E-state index contributed by atoms with van der Waals surface area (Å²) in [4.78, 5) is 13.6. The van der Waals surface area contributed by atoms with Crippen molar-refractivity contribution in [3.63, 3.8) is 0 Å². The second-order valence-corrected chi connectivity index (χ2v) is 10.7. The predicted molar refractivity (Wildman–Crippen MR) is 146 cm³/mol. The van der Waals surface area contributed by atoms with Crippen molar-refractivity contribution in [2.24, 2.45) is 11.8 Å². The number of benzene rings is 3. The van der Waals surface area contributed by atoms with Crippen LogP contribution in [0.2, 0.25) is 0 Å². The summed E-state index contributed by atoms with van der Waals surface area (Å²) in [6.45, 7) is 7.83. The van der Waals surface area contributed by atoms with E-state index in [9.17, 15) is 13.6 Å². The monoisotopic (exact) mass is 516 g/mol. The number of rotatable bonds is 10. The highest BCUT2D eigenvalue weighted by Crippen LogP contribution is 2.40. The number of ether oxygens (including phenoxy) is 1. The second kappa shape index (κ2) is 11.0. The number of amides is 1. The molecular formula is C32H34F2N2O2. The molecule has 0 spiro atoms. The standard InChI is InChI=1S/C32H34F2N2O2/c1-20(2)31-30(32(37)35-18-23-9-12-27(33)28(34)16-23)26-11-10-25(38-14-13-24-15-21(24)3)17-29(26)36(31)19-22-7-5-4-6-8-22/h4-12,16-17,20-21,24H,13-15,18-19H2,1-3H3,(H,35,37). The van der Waals surface area contributed by atoms with Gasteiger partial charge in [0.25, 0.3) is 5.91 Å². The molecule has 1 aromatic heterocycles. The van der Waals surface area contributed by atoms with Gasteiger partial charge in [0.1, 0.15) is 5.75 Å². The molecule has 5 rings (SSSR count). The van der Waals surface area contributed by atoms with Crippen LogP contribution in [-0.2, 0) is 13.1 Å². The third-order valence-electron chi connectivity index (χ3n) is 7.50. The number of carbonyl (C=O) groups excluding carboxylic acids is 1. The van der Waals surface area contributed by atoms with Crippen molar-refractivity contribution in [2.45, 2.75) is 52.6 Å². The number of fused-ring (bicyclic) bond motifs is 1. The fraction of sp³-hybridized carbons (Fsp3) is 0.344. The Morgan fingerprint density at radius 1 is 1.03 bits per heavy atom. The molecule has 1 heterocycles. The molecule has 2 atom stereocenters. The number of halogens is 2. The van der Waals surface area contributed by atoms with Gasteiger partial charge in [-0.25, -0.2) is 8.78 Å². The van der Waals surface area contributed by atoms with Crippen LogP contribution in [0.4, 0.5) is 8.78 Å². The van der Waals surface area contributed by atoms with E-state index in [1.807, 2.05) is 36.4 Å². The van der Waals surface area contributed by atoms with Gasteiger partial charge in [-0.2, -0.15) is 0 Å². The molecule has 0 bridgehead atoms. The molecule has 4 aromatic rings. The molecule has 198 valence electrons. The lowest BCUT2D eigenvalue weighted by Crippen LogP contribution is -2.24. The highest BCUT2D eigenvalue weighted by molar-refractivity contribution is 6.09. The van der Waals surface area contributed by atoms with Crippen molar-refractivity contribution in [3.05, 3.63) is 101 Å². The van der Waals surface area contributed by atoms with Crippen LogP contribution < -0.4 is 10.1 Å². The van der Waals surface area contributed by atoms with Gasteiger partial charge in [0, 0.05) is 30.2 Å². The van der Waals surface area contributed by atoms with Gasteiger partial charge in [-0.15, -0.1) is 0 Å². The Kier molecular flexibility index (Phi) is 7.50. The van der Waals surface area contributed by atoms with E-state index in [2.05, 4.69) is 42.8 Å². The molecule has 1 fully saturated rings. The molecule has 1 saturated carbocycles. The van der Waals surface area contributed by atoms with E-state index < -0.39 is 11.6 Å². The molecule has 1 amide bonds. The van der Waals surface area contributed by atoms with Crippen molar-refractivity contribution >= 4 is 16.8 Å². The number of nitrogens with zero attached hydrogens (tertiary/aromatic N) is 1. The fourth-order valence-corrected chi connectivity index (χ4v) is 5.26. The predicted octanol–water partition coefficient (Wildman–Crippen LogP) is 7.45. The summed E-state index contributed by atoms with van der Waals surface area (Å²) in [5.41, 5.74) is 4.10. The quantitative estimate of drug-likeness (QED) is 0.238. The molecule has 1 aliphatic rings. The van der Waals surface area contributed by atoms with E-state index in [4.69, 9.17) is 4.74 Å². The van der Waals surface area contributed by atoms with E-state index >= 15 is 0 Å². The first-order valence-corrected chi connectivity index (χ1v) is 13.4. The van der Waals surface area contributed by atoms with Gasteiger partial charge in [0.2, 0.25) is 0 Å². The van der Waals surface area contributed by atoms with Gasteiger partial charge in [-0.3, -0.25) is 4.79 Å². The summed E-state index contributed by atoms with van der Waals surface area (Å²) in [6.07, 6.45) is 2.34. The summed E-state index contributed by atoms with van der Waals surface area (Å²) in [6, 6.07) is 19.8. The van der Waals surface area contributed by atoms with E-state index in [1.54, 1.807) is 0 Å². The minimum absolute atomic E-state index is 0.0656. The molecule has 0 radical (unpaired) electrons. The number of hydrogen-bond donors (Lipinski definition) is 1. The highest BCUT2D eigenvalue weighted by Gasteiger charge is 2.32. The molecule has 2 unspecified atom stereocenters. The normalized spacial score (nSPS) is 16.7. The van der Waals surface area contributed by atoms with Crippen LogP contribution in [0.25, 0.3) is 10.9 Å². The van der Waals surface area contributed by atoms with Gasteiger partial charge in [0.15, 0.2) is 11.6 Å². The molecule has 1 N–H and O–H groups in total. The number of hydrogen-bond acceptors (Lipinski definition) is 2. The first kappa shape index (κ1) is 26.0. The molecule has 6 heteroatoms. The Balaban J connectivity index is 1.49. The summed E-state index contributed by atoms with van der Waals surface area (Å²) >= 11 is 0. The van der Waals surface area contributed by atoms with E-state index in [0.29, 0.717) is 24.3 Å². The van der Waals surface area contributed by atoms with Gasteiger partial charge in [0.05, 0.1) is 17.7 Å². The van der Waals surface area contributed by atoms with Crippen molar-refractivity contribution in [2.75, 3.05) is 6.61 Å². The Labute approximate surface area is 222 Å². The van der Waals surface area contributed by atoms with Crippen molar-refractivity contribution in [1.29, 1.82) is 0 Å². The van der Waals surface area contributed by atoms with Crippen molar-refractivity contribution < 1.29 is 18.3 Å². The average Bonchev–Trinajstić information content (AvgIpc) is 3.51. The number of aromatic nitrogens is 1. The minimum atomic E-state index is -0.928. The molecule has 4 nitrogen and oxygen atoms in total. The van der Waals surface area contributed by atoms with Crippen LogP contribution in [0, 0.1) is 23.5 Å². The molecule has 38 heavy (non-hydrogen) atoms. The van der Waals surface area contributed by atoms with Crippen LogP contribution in [0.3, 0.4) is 0 Å². The lowest BCUT2D eigenvalue weighted by Gasteiger charge is -2.16. The minimum Gasteiger partial charge on any atom is -0.494 e. The van der Waals surface area contributed by atoms with Gasteiger partial charge in [-0.1, -0.05) is 57.2 Å². The lowest BCUT2D eigenvalue weighted by molar-refractivity contribution is 0.0951. The Hall–Kier alpha value is -3.67. The lowest BCUT2D eigenvalue weighted by atomic mass is 10.0. The van der Waals surface area contributed by atoms with Crippen LogP contribution >= 0.6 is 0 Å². The maximum Gasteiger partial charge on any atom is 0.254 e. The van der Waals surface area contributed by atoms with Crippen molar-refractivity contribution in [3.8, 4) is 5.75 Å². The maximum atomic E-state index is 13.7. The summed E-state index contributed by atoms with van der Waals surface area (Å²) < 4.78 is 35.4. The Morgan fingerprint density at radius 2 is 1.79 bits per heavy atom. The van der Waals surface area contributed by atoms with E-state index in [1.165, 1.54) is 12.5 Å². The zero-order chi connectivity index (χ0) is 26.8. The summed E-state index contributed by atoms with van der Waals surface area (Å²) in [7, 11) is 0. The van der Waals surface area contributed by atoms with Crippen molar-refractivity contribution in [1.82, 2.24) is 9.88 Å². The van der Waals surface area contributed by atoms with Gasteiger partial charge >= 0.3 is 0 Å². The van der Waals surface area contributed by atoms with Crippen LogP contribution in [0.5, 0.6) is 5.75 Å². The Bertz CT molecular complexity index is 1450. The summed E-state index contributed by atoms with van der Waals surface area (Å²) in [5, 5.41) is 3.77. The molecule has 0 saturated heterocycles. The van der Waals surface area contributed by atoms with Crippen LogP contribution in [-0.4, -0.2) is 17.1 Å². The van der Waals surface area contributed by atoms with Gasteiger partial charge in [-0.05, 0) is 66.0 Å². The number of nitrogens with one attached hydrogen (secondary N) is 1. The third-order valence-corrected chi connectivity index (χ3v) is 7.50. The fourth-order valence-electron chi connectivity index (χ4n) is 5.26. The SMILES string of the molecule is CC(C)c1c(C(=O)NCc2ccc(F)c(F)c2)c2ccc(OCCC3CC3C)cc2n1Cc1ccccc1. The first-order chi connectivity index (χ1) is 18.3. The smallest absolute Gasteiger partial charge is 0.254 e. The van der Waals surface area contributed by atoms with E-state index in [-0.39, 0.29) is 18.4 Å². The first-order valence-electron chi connectivity index (χ1n) is 13.4. The molecule has 0 aliphatic heterocycles. The third kappa shape index (κ3) is 5.59. The number of carbonyl (C=O) groups is 1. The zero-order valence-electron chi connectivity index (χ0n) is 22.1. The molecule has 1 aliphatic carbocycles. The second-order valence-electron chi connectivity index (χ2n) is 10.7. The Morgan fingerprint density at radius 3 is 2.47 bits per heavy atom. The molecular weight excluding hydrogens is 482 g/mol. The van der Waals surface area contributed by atoms with Crippen LogP contribution in [0.1, 0.15) is 66.7 Å². The average molecular weight is 517 g/mol. The summed E-state index contributed by atoms with van der Waals surface area (Å²) in [5.74, 6) is 0.339. The molecule has 3 aromatic carbocycles. The highest BCUT2D eigenvalue weighted by atomic mass is 19.2. The van der Waals surface area contributed by atoms with E-state index in [0.717, 1.165) is 58.3 Å². The largest absolute Gasteiger partial charge is 0.494 e. The van der Waals surface area contributed by atoms with Crippen LogP contribution in [0.15, 0.2) is 66.7 Å².